The number of nitrogens with zero attached hydrogens (tertiary/aromatic N) is 3. The Morgan fingerprint density at radius 2 is 1.87 bits per heavy atom. The largest absolute Gasteiger partial charge is 0.383 e. The zero-order valence-corrected chi connectivity index (χ0v) is 22.6. The Morgan fingerprint density at radius 3 is 2.62 bits per heavy atom. The van der Waals surface area contributed by atoms with Gasteiger partial charge in [0.1, 0.15) is 18.2 Å². The summed E-state index contributed by atoms with van der Waals surface area (Å²) < 4.78 is 22.0. The first-order valence-electron chi connectivity index (χ1n) is 12.7. The van der Waals surface area contributed by atoms with Crippen molar-refractivity contribution in [1.29, 1.82) is 0 Å². The van der Waals surface area contributed by atoms with Crippen LogP contribution in [0.3, 0.4) is 0 Å². The number of thioether (sulfide) groups is 1. The zero-order valence-electron chi connectivity index (χ0n) is 21.8. The molecule has 1 aromatic heterocycles. The lowest BCUT2D eigenvalue weighted by Gasteiger charge is -2.23. The van der Waals surface area contributed by atoms with E-state index in [2.05, 4.69) is 5.32 Å². The lowest BCUT2D eigenvalue weighted by molar-refractivity contribution is -0.123. The summed E-state index contributed by atoms with van der Waals surface area (Å²) in [5.74, 6) is -0.401. The van der Waals surface area contributed by atoms with Crippen molar-refractivity contribution in [2.45, 2.75) is 12.2 Å². The predicted molar refractivity (Wildman–Crippen MR) is 152 cm³/mol. The molecule has 4 aromatic rings. The SMILES string of the molecule is COCCNC(=O)CN1C(=O)CS[C@H](c2ccccc2F)c2c(-c3ccccc3)nn(-c3cccc(C)c3)c21. The van der Waals surface area contributed by atoms with Crippen molar-refractivity contribution in [3.05, 3.63) is 101 Å². The summed E-state index contributed by atoms with van der Waals surface area (Å²) in [5.41, 5.74) is 4.37. The molecule has 1 aliphatic heterocycles. The summed E-state index contributed by atoms with van der Waals surface area (Å²) in [5, 5.41) is 7.30. The number of ether oxygens (including phenoxy) is 1. The van der Waals surface area contributed by atoms with Gasteiger partial charge in [-0.15, -0.1) is 11.8 Å². The number of nitrogens with one attached hydrogen (secondary N) is 1. The smallest absolute Gasteiger partial charge is 0.240 e. The van der Waals surface area contributed by atoms with E-state index >= 15 is 4.39 Å². The van der Waals surface area contributed by atoms with Crippen LogP contribution in [0.25, 0.3) is 16.9 Å². The highest BCUT2D eigenvalue weighted by Gasteiger charge is 2.38. The molecule has 1 atom stereocenters. The lowest BCUT2D eigenvalue weighted by atomic mass is 9.99. The van der Waals surface area contributed by atoms with Crippen molar-refractivity contribution >= 4 is 29.4 Å². The van der Waals surface area contributed by atoms with Crippen LogP contribution in [0.4, 0.5) is 10.2 Å². The molecule has 7 nitrogen and oxygen atoms in total. The summed E-state index contributed by atoms with van der Waals surface area (Å²) >= 11 is 1.34. The van der Waals surface area contributed by atoms with Gasteiger partial charge >= 0.3 is 0 Å². The predicted octanol–water partition coefficient (Wildman–Crippen LogP) is 4.92. The average Bonchev–Trinajstić information content (AvgIpc) is 3.27. The molecule has 2 amide bonds. The monoisotopic (exact) mass is 544 g/mol. The van der Waals surface area contributed by atoms with Gasteiger partial charge in [0.25, 0.3) is 0 Å². The van der Waals surface area contributed by atoms with Crippen LogP contribution in [0.5, 0.6) is 0 Å². The molecule has 1 aliphatic rings. The number of carbonyl (C=O) groups excluding carboxylic acids is 2. The highest BCUT2D eigenvalue weighted by Crippen LogP contribution is 2.49. The second-order valence-corrected chi connectivity index (χ2v) is 10.3. The molecule has 200 valence electrons. The minimum absolute atomic E-state index is 0.0705. The minimum Gasteiger partial charge on any atom is -0.383 e. The van der Waals surface area contributed by atoms with E-state index in [4.69, 9.17) is 9.84 Å². The van der Waals surface area contributed by atoms with Crippen molar-refractivity contribution in [1.82, 2.24) is 15.1 Å². The second-order valence-electron chi connectivity index (χ2n) is 9.24. The summed E-state index contributed by atoms with van der Waals surface area (Å²) in [6, 6.07) is 24.0. The van der Waals surface area contributed by atoms with Crippen LogP contribution < -0.4 is 10.2 Å². The van der Waals surface area contributed by atoms with Crippen molar-refractivity contribution in [2.75, 3.05) is 37.5 Å². The number of hydrogen-bond acceptors (Lipinski definition) is 5. The van der Waals surface area contributed by atoms with E-state index in [-0.39, 0.29) is 29.9 Å². The normalized spacial score (nSPS) is 15.1. The number of methoxy groups -OCH3 is 1. The van der Waals surface area contributed by atoms with Crippen molar-refractivity contribution < 1.29 is 18.7 Å². The number of aryl methyl sites for hydroxylation is 1. The van der Waals surface area contributed by atoms with Crippen molar-refractivity contribution in [3.63, 3.8) is 0 Å². The Morgan fingerprint density at radius 1 is 1.10 bits per heavy atom. The zero-order chi connectivity index (χ0) is 27.4. The first kappa shape index (κ1) is 26.6. The van der Waals surface area contributed by atoms with Crippen LogP contribution in [0.1, 0.15) is 21.9 Å². The number of rotatable bonds is 8. The standard InChI is InChI=1S/C30H29FN4O3S/c1-20-9-8-12-22(17-20)35-30-27(28(33-35)21-10-4-3-5-11-21)29(23-13-6-7-14-24(23)31)39-19-26(37)34(30)18-25(36)32-15-16-38-2/h3-14,17,29H,15-16,18-19H2,1-2H3,(H,32,36)/t29-/m1/s1. The highest BCUT2D eigenvalue weighted by molar-refractivity contribution is 8.00. The number of halogens is 1. The number of fused-ring (bicyclic) bond motifs is 1. The molecule has 1 N–H and O–H groups in total. The van der Waals surface area contributed by atoms with Gasteiger partial charge in [-0.3, -0.25) is 14.5 Å². The van der Waals surface area contributed by atoms with E-state index in [0.717, 1.165) is 16.8 Å². The van der Waals surface area contributed by atoms with Gasteiger partial charge in [-0.25, -0.2) is 9.07 Å². The van der Waals surface area contributed by atoms with E-state index < -0.39 is 5.25 Å². The summed E-state index contributed by atoms with van der Waals surface area (Å²) in [6.07, 6.45) is 0. The van der Waals surface area contributed by atoms with Crippen LogP contribution in [0.2, 0.25) is 0 Å². The molecule has 0 aliphatic carbocycles. The van der Waals surface area contributed by atoms with Crippen LogP contribution in [0, 0.1) is 12.7 Å². The Labute approximate surface area is 231 Å². The molecule has 5 rings (SSSR count). The molecule has 0 unspecified atom stereocenters. The fraction of sp³-hybridized carbons (Fsp3) is 0.233. The van der Waals surface area contributed by atoms with E-state index in [1.54, 1.807) is 30.0 Å². The highest BCUT2D eigenvalue weighted by atomic mass is 32.2. The minimum atomic E-state index is -0.527. The molecule has 39 heavy (non-hydrogen) atoms. The second kappa shape index (κ2) is 11.8. The molecule has 3 aromatic carbocycles. The van der Waals surface area contributed by atoms with Crippen LogP contribution >= 0.6 is 11.8 Å². The Kier molecular flexibility index (Phi) is 8.09. The Bertz CT molecular complexity index is 1490. The number of carbonyl (C=O) groups is 2. The van der Waals surface area contributed by atoms with Crippen molar-refractivity contribution in [3.8, 4) is 16.9 Å². The number of aromatic nitrogens is 2. The molecule has 0 saturated carbocycles. The van der Waals surface area contributed by atoms with Crippen LogP contribution in [-0.4, -0.2) is 54.2 Å². The van der Waals surface area contributed by atoms with Gasteiger partial charge in [0, 0.05) is 30.3 Å². The van der Waals surface area contributed by atoms with E-state index in [9.17, 15) is 9.59 Å². The molecule has 0 spiro atoms. The third kappa shape index (κ3) is 5.60. The van der Waals surface area contributed by atoms with Crippen molar-refractivity contribution in [2.24, 2.45) is 0 Å². The quantitative estimate of drug-likeness (QED) is 0.319. The maximum Gasteiger partial charge on any atom is 0.240 e. The molecular weight excluding hydrogens is 515 g/mol. The molecule has 0 fully saturated rings. The van der Waals surface area contributed by atoms with E-state index in [1.807, 2.05) is 61.5 Å². The molecule has 0 bridgehead atoms. The molecular formula is C30H29FN4O3S. The summed E-state index contributed by atoms with van der Waals surface area (Å²) in [7, 11) is 1.56. The third-order valence-corrected chi connectivity index (χ3v) is 7.74. The van der Waals surface area contributed by atoms with Gasteiger partial charge in [-0.05, 0) is 30.7 Å². The fourth-order valence-electron chi connectivity index (χ4n) is 4.69. The molecule has 0 saturated heterocycles. The van der Waals surface area contributed by atoms with Gasteiger partial charge in [0.2, 0.25) is 11.8 Å². The Balaban J connectivity index is 1.77. The maximum absolute atomic E-state index is 15.3. The van der Waals surface area contributed by atoms with E-state index in [1.165, 1.54) is 22.7 Å². The van der Waals surface area contributed by atoms with Crippen LogP contribution in [0.15, 0.2) is 78.9 Å². The van der Waals surface area contributed by atoms with Crippen LogP contribution in [-0.2, 0) is 14.3 Å². The number of amides is 2. The maximum atomic E-state index is 15.3. The number of anilines is 1. The van der Waals surface area contributed by atoms with Gasteiger partial charge < -0.3 is 10.1 Å². The summed E-state index contributed by atoms with van der Waals surface area (Å²) in [4.78, 5) is 28.1. The first-order chi connectivity index (χ1) is 19.0. The van der Waals surface area contributed by atoms with Gasteiger partial charge in [0.15, 0.2) is 0 Å². The average molecular weight is 545 g/mol. The number of hydrogen-bond donors (Lipinski definition) is 1. The molecule has 9 heteroatoms. The lowest BCUT2D eigenvalue weighted by Crippen LogP contribution is -2.43. The summed E-state index contributed by atoms with van der Waals surface area (Å²) in [6.45, 7) is 2.46. The molecule has 0 radical (unpaired) electrons. The Hall–Kier alpha value is -3.95. The van der Waals surface area contributed by atoms with E-state index in [0.29, 0.717) is 35.8 Å². The molecule has 2 heterocycles. The topological polar surface area (TPSA) is 76.5 Å². The van der Waals surface area contributed by atoms with Gasteiger partial charge in [-0.2, -0.15) is 5.10 Å². The van der Waals surface area contributed by atoms with Gasteiger partial charge in [-0.1, -0.05) is 60.7 Å². The fourth-order valence-corrected chi connectivity index (χ4v) is 5.91. The van der Waals surface area contributed by atoms with Gasteiger partial charge in [0.05, 0.1) is 29.0 Å². The first-order valence-corrected chi connectivity index (χ1v) is 13.7. The third-order valence-electron chi connectivity index (χ3n) is 6.50. The number of benzene rings is 3.